The molecule has 0 amide bonds. The quantitative estimate of drug-likeness (QED) is 0.826. The van der Waals surface area contributed by atoms with Gasteiger partial charge in [-0.05, 0) is 49.7 Å². The van der Waals surface area contributed by atoms with Gasteiger partial charge < -0.3 is 14.7 Å². The third-order valence-corrected chi connectivity index (χ3v) is 4.42. The number of aryl methyl sites for hydroxylation is 1. The Hall–Kier alpha value is -2.05. The molecule has 22 heavy (non-hydrogen) atoms. The average Bonchev–Trinajstić information content (AvgIpc) is 2.49. The van der Waals surface area contributed by atoms with Crippen molar-refractivity contribution in [2.45, 2.75) is 18.2 Å². The summed E-state index contributed by atoms with van der Waals surface area (Å²) in [6.45, 7) is 2.39. The number of rotatable bonds is 6. The largest absolute Gasteiger partial charge is 0.493 e. The first-order valence-electron chi connectivity index (χ1n) is 6.84. The first-order chi connectivity index (χ1) is 10.5. The van der Waals surface area contributed by atoms with Crippen molar-refractivity contribution in [1.82, 2.24) is 0 Å². The zero-order valence-electron chi connectivity index (χ0n) is 12.6. The first-order valence-corrected chi connectivity index (χ1v) is 8.25. The lowest BCUT2D eigenvalue weighted by Crippen LogP contribution is -2.11. The predicted octanol–water partition coefficient (Wildman–Crippen LogP) is 2.27. The smallest absolute Gasteiger partial charge is 0.339 e. The molecule has 0 aliphatic rings. The monoisotopic (exact) mass is 321 g/mol. The summed E-state index contributed by atoms with van der Waals surface area (Å²) in [4.78, 5) is 0.103. The summed E-state index contributed by atoms with van der Waals surface area (Å²) in [5.41, 5.74) is 7.44. The highest BCUT2D eigenvalue weighted by Gasteiger charge is 2.19. The SMILES string of the molecule is COc1cc(CCN)ccc1OS(=O)(=O)c1ccc(C)cc1. The van der Waals surface area contributed by atoms with Crippen LogP contribution in [0.5, 0.6) is 11.5 Å². The summed E-state index contributed by atoms with van der Waals surface area (Å²) in [5, 5.41) is 0. The number of methoxy groups -OCH3 is 1. The van der Waals surface area contributed by atoms with E-state index >= 15 is 0 Å². The Kier molecular flexibility index (Phi) is 5.05. The summed E-state index contributed by atoms with van der Waals surface area (Å²) in [7, 11) is -2.43. The van der Waals surface area contributed by atoms with E-state index in [1.54, 1.807) is 30.3 Å². The molecule has 2 aromatic rings. The van der Waals surface area contributed by atoms with E-state index in [9.17, 15) is 8.42 Å². The van der Waals surface area contributed by atoms with Gasteiger partial charge in [-0.3, -0.25) is 0 Å². The van der Waals surface area contributed by atoms with E-state index in [1.165, 1.54) is 19.2 Å². The fourth-order valence-corrected chi connectivity index (χ4v) is 2.91. The first kappa shape index (κ1) is 16.3. The standard InChI is InChI=1S/C16H19NO4S/c1-12-3-6-14(7-4-12)22(18,19)21-15-8-5-13(9-10-17)11-16(15)20-2/h3-8,11H,9-10,17H2,1-2H3. The molecular weight excluding hydrogens is 302 g/mol. The fourth-order valence-electron chi connectivity index (χ4n) is 1.97. The molecule has 0 heterocycles. The van der Waals surface area contributed by atoms with E-state index in [2.05, 4.69) is 0 Å². The second-order valence-corrected chi connectivity index (χ2v) is 6.42. The van der Waals surface area contributed by atoms with Crippen molar-refractivity contribution in [3.8, 4) is 11.5 Å². The third kappa shape index (κ3) is 3.78. The lowest BCUT2D eigenvalue weighted by atomic mass is 10.1. The molecule has 6 heteroatoms. The van der Waals surface area contributed by atoms with Crippen LogP contribution in [0.4, 0.5) is 0 Å². The van der Waals surface area contributed by atoms with Crippen molar-refractivity contribution in [2.75, 3.05) is 13.7 Å². The highest BCUT2D eigenvalue weighted by molar-refractivity contribution is 7.87. The van der Waals surface area contributed by atoms with Gasteiger partial charge in [-0.15, -0.1) is 0 Å². The van der Waals surface area contributed by atoms with Crippen molar-refractivity contribution < 1.29 is 17.3 Å². The van der Waals surface area contributed by atoms with Gasteiger partial charge in [0, 0.05) is 0 Å². The van der Waals surface area contributed by atoms with E-state index in [1.807, 2.05) is 6.92 Å². The van der Waals surface area contributed by atoms with Gasteiger partial charge in [-0.25, -0.2) is 0 Å². The minimum Gasteiger partial charge on any atom is -0.493 e. The van der Waals surface area contributed by atoms with Crippen LogP contribution < -0.4 is 14.7 Å². The summed E-state index contributed by atoms with van der Waals surface area (Å²) < 4.78 is 35.0. The molecule has 0 saturated carbocycles. The summed E-state index contributed by atoms with van der Waals surface area (Å²) in [6.07, 6.45) is 0.682. The zero-order chi connectivity index (χ0) is 16.2. The van der Waals surface area contributed by atoms with Crippen LogP contribution in [0.15, 0.2) is 47.4 Å². The van der Waals surface area contributed by atoms with E-state index < -0.39 is 10.1 Å². The van der Waals surface area contributed by atoms with Crippen molar-refractivity contribution in [2.24, 2.45) is 5.73 Å². The Morgan fingerprint density at radius 1 is 1.05 bits per heavy atom. The van der Waals surface area contributed by atoms with Crippen LogP contribution in [0.25, 0.3) is 0 Å². The number of hydrogen-bond acceptors (Lipinski definition) is 5. The van der Waals surface area contributed by atoms with Crippen LogP contribution in [-0.4, -0.2) is 22.1 Å². The van der Waals surface area contributed by atoms with Crippen LogP contribution in [0.3, 0.4) is 0 Å². The lowest BCUT2D eigenvalue weighted by Gasteiger charge is -2.12. The Morgan fingerprint density at radius 3 is 2.32 bits per heavy atom. The number of hydrogen-bond donors (Lipinski definition) is 1. The van der Waals surface area contributed by atoms with Gasteiger partial charge in [0.15, 0.2) is 11.5 Å². The van der Waals surface area contributed by atoms with Gasteiger partial charge >= 0.3 is 10.1 Å². The molecule has 2 aromatic carbocycles. The van der Waals surface area contributed by atoms with Gasteiger partial charge in [0.25, 0.3) is 0 Å². The molecule has 2 N–H and O–H groups in total. The van der Waals surface area contributed by atoms with Gasteiger partial charge in [0.1, 0.15) is 4.90 Å². The number of nitrogens with two attached hydrogens (primary N) is 1. The molecule has 0 fully saturated rings. The molecule has 0 aliphatic carbocycles. The molecule has 0 bridgehead atoms. The highest BCUT2D eigenvalue weighted by Crippen LogP contribution is 2.30. The Labute approximate surface area is 130 Å². The normalized spacial score (nSPS) is 11.2. The minimum absolute atomic E-state index is 0.103. The predicted molar refractivity (Wildman–Crippen MR) is 84.7 cm³/mol. The van der Waals surface area contributed by atoms with E-state index in [0.717, 1.165) is 11.1 Å². The molecule has 0 unspecified atom stereocenters. The molecule has 0 atom stereocenters. The number of ether oxygens (including phenoxy) is 1. The van der Waals surface area contributed by atoms with Crippen LogP contribution in [0.2, 0.25) is 0 Å². The van der Waals surface area contributed by atoms with Crippen molar-refractivity contribution >= 4 is 10.1 Å². The third-order valence-electron chi connectivity index (χ3n) is 3.17. The van der Waals surface area contributed by atoms with Crippen LogP contribution in [0.1, 0.15) is 11.1 Å². The van der Waals surface area contributed by atoms with Crippen molar-refractivity contribution in [3.05, 3.63) is 53.6 Å². The molecule has 0 radical (unpaired) electrons. The molecule has 2 rings (SSSR count). The average molecular weight is 321 g/mol. The molecule has 0 aromatic heterocycles. The van der Waals surface area contributed by atoms with Crippen LogP contribution in [-0.2, 0) is 16.5 Å². The highest BCUT2D eigenvalue weighted by atomic mass is 32.2. The van der Waals surface area contributed by atoms with E-state index in [4.69, 9.17) is 14.7 Å². The summed E-state index contributed by atoms with van der Waals surface area (Å²) in [5.74, 6) is 0.519. The minimum atomic E-state index is -3.89. The fraction of sp³-hybridized carbons (Fsp3) is 0.250. The second-order valence-electron chi connectivity index (χ2n) is 4.87. The van der Waals surface area contributed by atoms with Gasteiger partial charge in [-0.1, -0.05) is 23.8 Å². The summed E-state index contributed by atoms with van der Waals surface area (Å²) >= 11 is 0. The Morgan fingerprint density at radius 2 is 1.73 bits per heavy atom. The van der Waals surface area contributed by atoms with Crippen LogP contribution >= 0.6 is 0 Å². The maximum absolute atomic E-state index is 12.3. The molecule has 0 saturated heterocycles. The molecular formula is C16H19NO4S. The lowest BCUT2D eigenvalue weighted by molar-refractivity contribution is 0.390. The molecule has 0 spiro atoms. The molecule has 5 nitrogen and oxygen atoms in total. The van der Waals surface area contributed by atoms with E-state index in [0.29, 0.717) is 18.7 Å². The number of benzene rings is 2. The Bertz CT molecular complexity index is 739. The molecule has 0 aliphatic heterocycles. The van der Waals surface area contributed by atoms with Crippen molar-refractivity contribution in [3.63, 3.8) is 0 Å². The van der Waals surface area contributed by atoms with Gasteiger partial charge in [-0.2, -0.15) is 8.42 Å². The van der Waals surface area contributed by atoms with Gasteiger partial charge in [0.05, 0.1) is 7.11 Å². The topological polar surface area (TPSA) is 78.6 Å². The maximum Gasteiger partial charge on any atom is 0.339 e. The summed E-state index contributed by atoms with van der Waals surface area (Å²) in [6, 6.07) is 11.5. The zero-order valence-corrected chi connectivity index (χ0v) is 13.4. The van der Waals surface area contributed by atoms with Crippen molar-refractivity contribution in [1.29, 1.82) is 0 Å². The second kappa shape index (κ2) is 6.81. The maximum atomic E-state index is 12.3. The van der Waals surface area contributed by atoms with Crippen LogP contribution in [0, 0.1) is 6.92 Å². The van der Waals surface area contributed by atoms with E-state index in [-0.39, 0.29) is 10.6 Å². The molecule has 118 valence electrons. The van der Waals surface area contributed by atoms with Gasteiger partial charge in [0.2, 0.25) is 0 Å². The Balaban J connectivity index is 2.31.